The molecule has 0 fully saturated rings. The third-order valence-corrected chi connectivity index (χ3v) is 4.15. The maximum atomic E-state index is 12.5. The van der Waals surface area contributed by atoms with Gasteiger partial charge in [-0.05, 0) is 57.9 Å². The SMILES string of the molecule is Cc1ccc(C)c(OC(C)C(=O)Nc2cc(-n3nc(C)cc3C)ncn2)c1. The first-order valence-corrected chi connectivity index (χ1v) is 8.74. The molecule has 1 unspecified atom stereocenters. The lowest BCUT2D eigenvalue weighted by Gasteiger charge is -2.16. The molecule has 1 N–H and O–H groups in total. The number of nitrogens with one attached hydrogen (secondary N) is 1. The van der Waals surface area contributed by atoms with E-state index in [1.165, 1.54) is 6.33 Å². The number of aromatic nitrogens is 4. The van der Waals surface area contributed by atoms with Crippen LogP contribution in [-0.2, 0) is 4.79 Å². The van der Waals surface area contributed by atoms with Crippen molar-refractivity contribution in [3.8, 4) is 11.6 Å². The zero-order chi connectivity index (χ0) is 19.6. The molecule has 1 aromatic carbocycles. The molecule has 3 rings (SSSR count). The third kappa shape index (κ3) is 4.31. The van der Waals surface area contributed by atoms with Gasteiger partial charge in [0.25, 0.3) is 5.91 Å². The maximum absolute atomic E-state index is 12.5. The normalized spacial score (nSPS) is 11.9. The molecule has 0 aliphatic carbocycles. The van der Waals surface area contributed by atoms with E-state index in [1.54, 1.807) is 17.7 Å². The zero-order valence-corrected chi connectivity index (χ0v) is 16.1. The minimum Gasteiger partial charge on any atom is -0.481 e. The van der Waals surface area contributed by atoms with Crippen LogP contribution in [0.15, 0.2) is 36.7 Å². The number of carbonyl (C=O) groups is 1. The molecule has 0 aliphatic rings. The van der Waals surface area contributed by atoms with Crippen LogP contribution in [0.5, 0.6) is 5.75 Å². The monoisotopic (exact) mass is 365 g/mol. The fourth-order valence-electron chi connectivity index (χ4n) is 2.70. The van der Waals surface area contributed by atoms with Gasteiger partial charge in [-0.15, -0.1) is 0 Å². The summed E-state index contributed by atoms with van der Waals surface area (Å²) in [5.41, 5.74) is 3.91. The van der Waals surface area contributed by atoms with E-state index >= 15 is 0 Å². The van der Waals surface area contributed by atoms with Crippen LogP contribution in [0, 0.1) is 27.7 Å². The van der Waals surface area contributed by atoms with Crippen LogP contribution in [0.25, 0.3) is 5.82 Å². The van der Waals surface area contributed by atoms with E-state index < -0.39 is 6.10 Å². The van der Waals surface area contributed by atoms with E-state index in [4.69, 9.17) is 4.74 Å². The molecule has 7 nitrogen and oxygen atoms in total. The minimum absolute atomic E-state index is 0.283. The predicted octanol–water partition coefficient (Wildman–Crippen LogP) is 3.30. The molecular weight excluding hydrogens is 342 g/mol. The summed E-state index contributed by atoms with van der Waals surface area (Å²) in [5, 5.41) is 7.17. The van der Waals surface area contributed by atoms with Crippen molar-refractivity contribution < 1.29 is 9.53 Å². The summed E-state index contributed by atoms with van der Waals surface area (Å²) >= 11 is 0. The average molecular weight is 365 g/mol. The number of anilines is 1. The van der Waals surface area contributed by atoms with Gasteiger partial charge >= 0.3 is 0 Å². The van der Waals surface area contributed by atoms with Gasteiger partial charge in [-0.1, -0.05) is 12.1 Å². The maximum Gasteiger partial charge on any atom is 0.266 e. The molecular formula is C20H23N5O2. The van der Waals surface area contributed by atoms with Crippen LogP contribution in [0.1, 0.15) is 29.4 Å². The molecule has 140 valence electrons. The van der Waals surface area contributed by atoms with Gasteiger partial charge in [0.2, 0.25) is 0 Å². The summed E-state index contributed by atoms with van der Waals surface area (Å²) in [5.74, 6) is 1.40. The topological polar surface area (TPSA) is 81.9 Å². The van der Waals surface area contributed by atoms with E-state index in [9.17, 15) is 4.79 Å². The Morgan fingerprint density at radius 3 is 2.59 bits per heavy atom. The molecule has 0 bridgehead atoms. The molecule has 0 aliphatic heterocycles. The largest absolute Gasteiger partial charge is 0.481 e. The smallest absolute Gasteiger partial charge is 0.266 e. The highest BCUT2D eigenvalue weighted by molar-refractivity contribution is 5.93. The fourth-order valence-corrected chi connectivity index (χ4v) is 2.70. The highest BCUT2D eigenvalue weighted by Gasteiger charge is 2.17. The fraction of sp³-hybridized carbons (Fsp3) is 0.300. The van der Waals surface area contributed by atoms with E-state index in [2.05, 4.69) is 20.4 Å². The van der Waals surface area contributed by atoms with Crippen molar-refractivity contribution in [1.82, 2.24) is 19.7 Å². The quantitative estimate of drug-likeness (QED) is 0.750. The lowest BCUT2D eigenvalue weighted by molar-refractivity contribution is -0.122. The Bertz CT molecular complexity index is 980. The van der Waals surface area contributed by atoms with E-state index in [-0.39, 0.29) is 5.91 Å². The molecule has 1 atom stereocenters. The number of amides is 1. The molecule has 2 heterocycles. The molecule has 0 spiro atoms. The third-order valence-electron chi connectivity index (χ3n) is 4.15. The number of rotatable bonds is 5. The van der Waals surface area contributed by atoms with Gasteiger partial charge in [0.05, 0.1) is 5.69 Å². The van der Waals surface area contributed by atoms with Gasteiger partial charge in [0.15, 0.2) is 11.9 Å². The van der Waals surface area contributed by atoms with Crippen molar-refractivity contribution in [2.24, 2.45) is 0 Å². The van der Waals surface area contributed by atoms with Gasteiger partial charge in [0.1, 0.15) is 17.9 Å². The number of ether oxygens (including phenoxy) is 1. The molecule has 0 radical (unpaired) electrons. The van der Waals surface area contributed by atoms with Crippen molar-refractivity contribution in [3.63, 3.8) is 0 Å². The van der Waals surface area contributed by atoms with Crippen molar-refractivity contribution in [2.45, 2.75) is 40.7 Å². The minimum atomic E-state index is -0.669. The highest BCUT2D eigenvalue weighted by Crippen LogP contribution is 2.21. The second kappa shape index (κ2) is 7.57. The molecule has 2 aromatic heterocycles. The van der Waals surface area contributed by atoms with Crippen LogP contribution in [0.2, 0.25) is 0 Å². The lowest BCUT2D eigenvalue weighted by atomic mass is 10.1. The summed E-state index contributed by atoms with van der Waals surface area (Å²) in [6, 6.07) is 9.54. The zero-order valence-electron chi connectivity index (χ0n) is 16.1. The Labute approximate surface area is 158 Å². The Kier molecular flexibility index (Phi) is 5.21. The molecule has 0 saturated heterocycles. The number of hydrogen-bond donors (Lipinski definition) is 1. The number of hydrogen-bond acceptors (Lipinski definition) is 5. The van der Waals surface area contributed by atoms with E-state index in [0.717, 1.165) is 22.5 Å². The van der Waals surface area contributed by atoms with Gasteiger partial charge in [-0.2, -0.15) is 5.10 Å². The van der Waals surface area contributed by atoms with Crippen LogP contribution in [0.4, 0.5) is 5.82 Å². The van der Waals surface area contributed by atoms with Crippen LogP contribution < -0.4 is 10.1 Å². The second-order valence-corrected chi connectivity index (χ2v) is 6.62. The standard InChI is InChI=1S/C20H23N5O2/c1-12-6-7-13(2)17(8-12)27-16(5)20(26)23-18-10-19(22-11-21-18)25-15(4)9-14(3)24-25/h6-11,16H,1-5H3,(H,21,22,23,26). The molecule has 0 saturated carbocycles. The van der Waals surface area contributed by atoms with E-state index in [0.29, 0.717) is 17.4 Å². The Morgan fingerprint density at radius 2 is 1.89 bits per heavy atom. The van der Waals surface area contributed by atoms with Gasteiger partial charge < -0.3 is 10.1 Å². The first kappa shape index (κ1) is 18.6. The molecule has 27 heavy (non-hydrogen) atoms. The summed E-state index contributed by atoms with van der Waals surface area (Å²) < 4.78 is 7.54. The second-order valence-electron chi connectivity index (χ2n) is 6.62. The Hall–Kier alpha value is -3.22. The molecule has 7 heteroatoms. The average Bonchev–Trinajstić information content (AvgIpc) is 2.96. The number of aryl methyl sites for hydroxylation is 4. The predicted molar refractivity (Wildman–Crippen MR) is 103 cm³/mol. The Balaban J connectivity index is 1.73. The summed E-state index contributed by atoms with van der Waals surface area (Å²) in [7, 11) is 0. The summed E-state index contributed by atoms with van der Waals surface area (Å²) in [4.78, 5) is 20.9. The lowest BCUT2D eigenvalue weighted by Crippen LogP contribution is -2.30. The highest BCUT2D eigenvalue weighted by atomic mass is 16.5. The Morgan fingerprint density at radius 1 is 1.11 bits per heavy atom. The first-order chi connectivity index (χ1) is 12.8. The van der Waals surface area contributed by atoms with Crippen molar-refractivity contribution in [3.05, 3.63) is 59.2 Å². The van der Waals surface area contributed by atoms with Gasteiger partial charge in [-0.3, -0.25) is 4.79 Å². The van der Waals surface area contributed by atoms with Crippen molar-refractivity contribution in [1.29, 1.82) is 0 Å². The number of benzene rings is 1. The first-order valence-electron chi connectivity index (χ1n) is 8.74. The number of nitrogens with zero attached hydrogens (tertiary/aromatic N) is 4. The van der Waals surface area contributed by atoms with Crippen molar-refractivity contribution >= 4 is 11.7 Å². The summed E-state index contributed by atoms with van der Waals surface area (Å²) in [6.45, 7) is 9.50. The van der Waals surface area contributed by atoms with Crippen molar-refractivity contribution in [2.75, 3.05) is 5.32 Å². The molecule has 1 amide bonds. The number of carbonyl (C=O) groups excluding carboxylic acids is 1. The summed E-state index contributed by atoms with van der Waals surface area (Å²) in [6.07, 6.45) is 0.732. The van der Waals surface area contributed by atoms with E-state index in [1.807, 2.05) is 52.0 Å². The van der Waals surface area contributed by atoms with Gasteiger partial charge in [0, 0.05) is 11.8 Å². The van der Waals surface area contributed by atoms with Crippen LogP contribution in [-0.4, -0.2) is 31.8 Å². The van der Waals surface area contributed by atoms with Crippen LogP contribution in [0.3, 0.4) is 0 Å². The van der Waals surface area contributed by atoms with Crippen LogP contribution >= 0.6 is 0 Å². The van der Waals surface area contributed by atoms with Gasteiger partial charge in [-0.25, -0.2) is 14.6 Å². The molecule has 3 aromatic rings.